The Bertz CT molecular complexity index is 615. The molecule has 0 N–H and O–H groups in total. The monoisotopic (exact) mass is 298 g/mol. The summed E-state index contributed by atoms with van der Waals surface area (Å²) in [5, 5.41) is 0. The molecule has 0 aliphatic carbocycles. The lowest BCUT2D eigenvalue weighted by molar-refractivity contribution is 0.00695. The molecule has 0 saturated heterocycles. The van der Waals surface area contributed by atoms with Crippen LogP contribution in [0.5, 0.6) is 0 Å². The predicted molar refractivity (Wildman–Crippen MR) is 79.3 cm³/mol. The summed E-state index contributed by atoms with van der Waals surface area (Å²) in [5.74, 6) is -0.508. The minimum absolute atomic E-state index is 0.276. The molecule has 0 heterocycles. The van der Waals surface area contributed by atoms with Gasteiger partial charge in [0.2, 0.25) is 10.0 Å². The van der Waals surface area contributed by atoms with Crippen LogP contribution < -0.4 is 4.31 Å². The third-order valence-corrected chi connectivity index (χ3v) is 3.68. The van der Waals surface area contributed by atoms with Crippen molar-refractivity contribution in [1.82, 2.24) is 0 Å². The van der Waals surface area contributed by atoms with Crippen LogP contribution in [0.15, 0.2) is 18.2 Å². The van der Waals surface area contributed by atoms with Crippen molar-refractivity contribution in [3.8, 4) is 0 Å². The van der Waals surface area contributed by atoms with Crippen LogP contribution in [0.2, 0.25) is 0 Å². The molecule has 111 valence electrons. The molecule has 0 bridgehead atoms. The Labute approximate surface area is 120 Å². The number of benzene rings is 1. The standard InChI is InChI=1S/C14H20NO4S/c1-10-7-11(13(16)19-14(2,3)4)9-12(8-10)15(5)20(6,17)18/h7-9H,1H2,2-6H3. The molecule has 0 aliphatic heterocycles. The van der Waals surface area contributed by atoms with Crippen molar-refractivity contribution in [1.29, 1.82) is 0 Å². The Hall–Kier alpha value is -1.56. The normalized spacial score (nSPS) is 12.1. The van der Waals surface area contributed by atoms with Crippen molar-refractivity contribution in [3.05, 3.63) is 36.2 Å². The van der Waals surface area contributed by atoms with E-state index in [1.54, 1.807) is 32.9 Å². The number of carbonyl (C=O) groups excluding carboxylic acids is 1. The van der Waals surface area contributed by atoms with E-state index in [9.17, 15) is 13.2 Å². The Balaban J connectivity index is 3.19. The van der Waals surface area contributed by atoms with Gasteiger partial charge in [-0.2, -0.15) is 0 Å². The molecule has 0 amide bonds. The number of ether oxygens (including phenoxy) is 1. The van der Waals surface area contributed by atoms with Gasteiger partial charge in [-0.1, -0.05) is 0 Å². The third-order valence-electron chi connectivity index (χ3n) is 2.47. The number of rotatable bonds is 3. The first-order chi connectivity index (χ1) is 8.90. The summed E-state index contributed by atoms with van der Waals surface area (Å²) in [7, 11) is -1.98. The summed E-state index contributed by atoms with van der Waals surface area (Å²) in [6.07, 6.45) is 1.09. The highest BCUT2D eigenvalue weighted by Gasteiger charge is 2.20. The van der Waals surface area contributed by atoms with Crippen LogP contribution in [0, 0.1) is 6.92 Å². The van der Waals surface area contributed by atoms with Gasteiger partial charge in [-0.3, -0.25) is 4.31 Å². The molecule has 0 aromatic heterocycles. The van der Waals surface area contributed by atoms with E-state index in [-0.39, 0.29) is 5.56 Å². The molecule has 0 unspecified atom stereocenters. The van der Waals surface area contributed by atoms with E-state index < -0.39 is 21.6 Å². The van der Waals surface area contributed by atoms with E-state index in [0.29, 0.717) is 11.3 Å². The topological polar surface area (TPSA) is 63.7 Å². The summed E-state index contributed by atoms with van der Waals surface area (Å²) < 4.78 is 29.4. The van der Waals surface area contributed by atoms with Gasteiger partial charge in [-0.05, 0) is 51.5 Å². The minimum atomic E-state index is -3.40. The largest absolute Gasteiger partial charge is 0.456 e. The first kappa shape index (κ1) is 16.5. The van der Waals surface area contributed by atoms with E-state index in [1.807, 2.05) is 0 Å². The molecule has 0 spiro atoms. The van der Waals surface area contributed by atoms with Crippen LogP contribution >= 0.6 is 0 Å². The molecule has 1 rings (SSSR count). The Morgan fingerprint density at radius 3 is 2.25 bits per heavy atom. The van der Waals surface area contributed by atoms with Crippen LogP contribution in [0.3, 0.4) is 0 Å². The van der Waals surface area contributed by atoms with E-state index in [0.717, 1.165) is 10.6 Å². The molecule has 5 nitrogen and oxygen atoms in total. The van der Waals surface area contributed by atoms with Gasteiger partial charge in [-0.15, -0.1) is 0 Å². The van der Waals surface area contributed by atoms with E-state index in [1.165, 1.54) is 13.1 Å². The minimum Gasteiger partial charge on any atom is -0.456 e. The maximum atomic E-state index is 12.0. The third kappa shape index (κ3) is 4.52. The van der Waals surface area contributed by atoms with Gasteiger partial charge in [0.1, 0.15) is 5.60 Å². The van der Waals surface area contributed by atoms with E-state index in [2.05, 4.69) is 6.92 Å². The first-order valence-electron chi connectivity index (χ1n) is 6.04. The van der Waals surface area contributed by atoms with Crippen molar-refractivity contribution in [2.45, 2.75) is 26.4 Å². The van der Waals surface area contributed by atoms with Gasteiger partial charge in [0.25, 0.3) is 0 Å². The maximum absolute atomic E-state index is 12.0. The fraction of sp³-hybridized carbons (Fsp3) is 0.429. The number of esters is 1. The van der Waals surface area contributed by atoms with Gasteiger partial charge in [0, 0.05) is 7.05 Å². The number of hydrogen-bond donors (Lipinski definition) is 0. The highest BCUT2D eigenvalue weighted by atomic mass is 32.2. The van der Waals surface area contributed by atoms with Crippen LogP contribution in [-0.2, 0) is 14.8 Å². The summed E-state index contributed by atoms with van der Waals surface area (Å²) in [6.45, 7) is 9.06. The zero-order valence-corrected chi connectivity index (χ0v) is 13.2. The molecular weight excluding hydrogens is 278 g/mol. The molecule has 0 aliphatic rings. The molecule has 1 aromatic rings. The van der Waals surface area contributed by atoms with Crippen molar-refractivity contribution >= 4 is 21.7 Å². The maximum Gasteiger partial charge on any atom is 0.338 e. The molecule has 6 heteroatoms. The fourth-order valence-electron chi connectivity index (χ4n) is 1.50. The van der Waals surface area contributed by atoms with Crippen LogP contribution in [0.4, 0.5) is 5.69 Å². The highest BCUT2D eigenvalue weighted by molar-refractivity contribution is 7.92. The van der Waals surface area contributed by atoms with E-state index >= 15 is 0 Å². The highest BCUT2D eigenvalue weighted by Crippen LogP contribution is 2.22. The van der Waals surface area contributed by atoms with Gasteiger partial charge >= 0.3 is 5.97 Å². The SMILES string of the molecule is [CH2]c1cc(C(=O)OC(C)(C)C)cc(N(C)S(C)(=O)=O)c1. The van der Waals surface area contributed by atoms with Crippen molar-refractivity contribution in [2.75, 3.05) is 17.6 Å². The predicted octanol–water partition coefficient (Wildman–Crippen LogP) is 2.22. The Morgan fingerprint density at radius 2 is 1.80 bits per heavy atom. The Morgan fingerprint density at radius 1 is 1.25 bits per heavy atom. The summed E-state index contributed by atoms with van der Waals surface area (Å²) in [5.41, 5.74) is 0.578. The number of carbonyl (C=O) groups is 1. The number of nitrogens with zero attached hydrogens (tertiary/aromatic N) is 1. The Kier molecular flexibility index (Phi) is 4.49. The van der Waals surface area contributed by atoms with Gasteiger partial charge in [-0.25, -0.2) is 13.2 Å². The van der Waals surface area contributed by atoms with Gasteiger partial charge in [0.05, 0.1) is 17.5 Å². The molecule has 0 saturated carbocycles. The van der Waals surface area contributed by atoms with Crippen molar-refractivity contribution in [2.24, 2.45) is 0 Å². The van der Waals surface area contributed by atoms with Crippen LogP contribution in [0.25, 0.3) is 0 Å². The molecular formula is C14H20NO4S. The molecule has 1 radical (unpaired) electrons. The fourth-order valence-corrected chi connectivity index (χ4v) is 1.99. The second-order valence-corrected chi connectivity index (χ2v) is 7.63. The molecule has 0 fully saturated rings. The molecule has 20 heavy (non-hydrogen) atoms. The lowest BCUT2D eigenvalue weighted by Gasteiger charge is -2.21. The lowest BCUT2D eigenvalue weighted by Crippen LogP contribution is -2.26. The second-order valence-electron chi connectivity index (χ2n) is 5.62. The number of hydrogen-bond acceptors (Lipinski definition) is 4. The first-order valence-corrected chi connectivity index (χ1v) is 7.89. The zero-order chi connectivity index (χ0) is 15.7. The quantitative estimate of drug-likeness (QED) is 0.803. The number of anilines is 1. The smallest absolute Gasteiger partial charge is 0.338 e. The van der Waals surface area contributed by atoms with Crippen molar-refractivity contribution < 1.29 is 17.9 Å². The van der Waals surface area contributed by atoms with Gasteiger partial charge in [0.15, 0.2) is 0 Å². The van der Waals surface area contributed by atoms with Crippen LogP contribution in [-0.4, -0.2) is 33.3 Å². The average molecular weight is 298 g/mol. The van der Waals surface area contributed by atoms with Crippen LogP contribution in [0.1, 0.15) is 36.7 Å². The van der Waals surface area contributed by atoms with Gasteiger partial charge < -0.3 is 4.74 Å². The summed E-state index contributed by atoms with van der Waals surface area (Å²) >= 11 is 0. The average Bonchev–Trinajstić information content (AvgIpc) is 2.23. The van der Waals surface area contributed by atoms with Crippen molar-refractivity contribution in [3.63, 3.8) is 0 Å². The zero-order valence-electron chi connectivity index (χ0n) is 12.4. The van der Waals surface area contributed by atoms with E-state index in [4.69, 9.17) is 4.74 Å². The molecule has 0 atom stereocenters. The number of sulfonamides is 1. The summed E-state index contributed by atoms with van der Waals surface area (Å²) in [6, 6.07) is 4.63. The molecule has 1 aromatic carbocycles. The second kappa shape index (κ2) is 5.44. The summed E-state index contributed by atoms with van der Waals surface area (Å²) in [4.78, 5) is 12.0. The lowest BCUT2D eigenvalue weighted by atomic mass is 10.1.